The quantitative estimate of drug-likeness (QED) is 0.192. The van der Waals surface area contributed by atoms with E-state index in [1.54, 1.807) is 0 Å². The predicted molar refractivity (Wildman–Crippen MR) is 202 cm³/mol. The molecule has 0 bridgehead atoms. The van der Waals surface area contributed by atoms with Crippen molar-refractivity contribution in [2.45, 2.75) is 6.23 Å². The average Bonchev–Trinajstić information content (AvgIpc) is 3.78. The van der Waals surface area contributed by atoms with Gasteiger partial charge < -0.3 is 19.4 Å². The summed E-state index contributed by atoms with van der Waals surface area (Å²) in [4.78, 5) is 2.32. The number of hydrogen-bond donors (Lipinski definition) is 1. The molecule has 1 atom stereocenters. The van der Waals surface area contributed by atoms with Gasteiger partial charge in [0, 0.05) is 44.3 Å². The Labute approximate surface area is 283 Å². The molecular weight excluding hydrogens is 601 g/mol. The fraction of sp³-hybridized carbons (Fsp3) is 0.0222. The molecular formula is C45H30N2O2. The molecule has 0 saturated carbocycles. The monoisotopic (exact) mass is 630 g/mol. The zero-order valence-electron chi connectivity index (χ0n) is 26.5. The predicted octanol–water partition coefficient (Wildman–Crippen LogP) is 12.5. The van der Waals surface area contributed by atoms with Crippen molar-refractivity contribution in [3.63, 3.8) is 0 Å². The van der Waals surface area contributed by atoms with Crippen molar-refractivity contribution < 1.29 is 9.15 Å². The SMILES string of the molecule is c1ccc(C2Nc3ccc4ccc5cc(N(c6ccccc6)c6cccc(-c7cccc8c7oc7ccccc78)c6)ccc5c4c3O2)cc1. The fourth-order valence-electron chi connectivity index (χ4n) is 7.36. The van der Waals surface area contributed by atoms with Gasteiger partial charge in [-0.2, -0.15) is 0 Å². The lowest BCUT2D eigenvalue weighted by molar-refractivity contribution is 0.263. The van der Waals surface area contributed by atoms with Gasteiger partial charge in [-0.15, -0.1) is 0 Å². The van der Waals surface area contributed by atoms with Crippen LogP contribution in [0.4, 0.5) is 22.7 Å². The van der Waals surface area contributed by atoms with Crippen molar-refractivity contribution >= 4 is 66.2 Å². The molecule has 0 fully saturated rings. The molecule has 0 saturated heterocycles. The minimum absolute atomic E-state index is 0.220. The maximum atomic E-state index is 6.61. The van der Waals surface area contributed by atoms with Gasteiger partial charge in [-0.3, -0.25) is 0 Å². The topological polar surface area (TPSA) is 37.6 Å². The highest BCUT2D eigenvalue weighted by atomic mass is 16.5. The second-order valence-corrected chi connectivity index (χ2v) is 12.6. The van der Waals surface area contributed by atoms with E-state index in [0.717, 1.165) is 88.7 Å². The molecule has 1 N–H and O–H groups in total. The number of rotatable bonds is 5. The van der Waals surface area contributed by atoms with Crippen molar-refractivity contribution in [1.29, 1.82) is 0 Å². The Morgan fingerprint density at radius 2 is 1.22 bits per heavy atom. The summed E-state index contributed by atoms with van der Waals surface area (Å²) in [7, 11) is 0. The first-order chi connectivity index (χ1) is 24.3. The van der Waals surface area contributed by atoms with Crippen molar-refractivity contribution in [1.82, 2.24) is 0 Å². The van der Waals surface area contributed by atoms with Crippen molar-refractivity contribution in [3.8, 4) is 16.9 Å². The highest BCUT2D eigenvalue weighted by molar-refractivity contribution is 6.14. The van der Waals surface area contributed by atoms with Crippen LogP contribution in [-0.4, -0.2) is 0 Å². The van der Waals surface area contributed by atoms with Gasteiger partial charge >= 0.3 is 0 Å². The molecule has 10 rings (SSSR count). The number of hydrogen-bond acceptors (Lipinski definition) is 4. The van der Waals surface area contributed by atoms with Crippen LogP contribution in [0.5, 0.6) is 5.75 Å². The summed E-state index contributed by atoms with van der Waals surface area (Å²) >= 11 is 0. The summed E-state index contributed by atoms with van der Waals surface area (Å²) in [6.07, 6.45) is -0.220. The van der Waals surface area contributed by atoms with Gasteiger partial charge in [0.25, 0.3) is 0 Å². The first-order valence-corrected chi connectivity index (χ1v) is 16.6. The Morgan fingerprint density at radius 1 is 0.510 bits per heavy atom. The van der Waals surface area contributed by atoms with Gasteiger partial charge in [-0.1, -0.05) is 121 Å². The Kier molecular flexibility index (Phi) is 6.21. The van der Waals surface area contributed by atoms with E-state index in [1.807, 2.05) is 30.3 Å². The zero-order valence-corrected chi connectivity index (χ0v) is 26.5. The lowest BCUT2D eigenvalue weighted by Gasteiger charge is -2.26. The van der Waals surface area contributed by atoms with Crippen LogP contribution in [0, 0.1) is 0 Å². The Morgan fingerprint density at radius 3 is 2.12 bits per heavy atom. The summed E-state index contributed by atoms with van der Waals surface area (Å²) < 4.78 is 13.0. The third kappa shape index (κ3) is 4.53. The Hall–Kier alpha value is -6.52. The number of ether oxygens (including phenoxy) is 1. The number of anilines is 4. The van der Waals surface area contributed by atoms with Gasteiger partial charge in [-0.25, -0.2) is 0 Å². The third-order valence-electron chi connectivity index (χ3n) is 9.65. The minimum atomic E-state index is -0.220. The van der Waals surface area contributed by atoms with E-state index in [-0.39, 0.29) is 6.23 Å². The molecule has 2 heterocycles. The van der Waals surface area contributed by atoms with E-state index in [4.69, 9.17) is 9.15 Å². The van der Waals surface area contributed by atoms with Crippen LogP contribution < -0.4 is 15.0 Å². The summed E-state index contributed by atoms with van der Waals surface area (Å²) in [5.74, 6) is 0.900. The maximum Gasteiger partial charge on any atom is 0.196 e. The lowest BCUT2D eigenvalue weighted by atomic mass is 9.99. The zero-order chi connectivity index (χ0) is 32.3. The fourth-order valence-corrected chi connectivity index (χ4v) is 7.36. The van der Waals surface area contributed by atoms with Crippen molar-refractivity contribution in [2.75, 3.05) is 10.2 Å². The Balaban J connectivity index is 1.10. The number of benzene rings is 8. The van der Waals surface area contributed by atoms with Crippen LogP contribution in [0.1, 0.15) is 11.8 Å². The first kappa shape index (κ1) is 27.6. The lowest BCUT2D eigenvalue weighted by Crippen LogP contribution is -2.10. The largest absolute Gasteiger partial charge is 0.464 e. The molecule has 1 aliphatic heterocycles. The average molecular weight is 631 g/mol. The molecule has 1 aliphatic rings. The molecule has 232 valence electrons. The molecule has 0 radical (unpaired) electrons. The Bertz CT molecular complexity index is 2680. The maximum absolute atomic E-state index is 6.61. The van der Waals surface area contributed by atoms with E-state index in [1.165, 1.54) is 0 Å². The molecule has 1 unspecified atom stereocenters. The summed E-state index contributed by atoms with van der Waals surface area (Å²) in [6, 6.07) is 59.7. The number of nitrogens with one attached hydrogen (secondary N) is 1. The van der Waals surface area contributed by atoms with Gasteiger partial charge in [0.05, 0.1) is 5.69 Å². The molecule has 4 nitrogen and oxygen atoms in total. The van der Waals surface area contributed by atoms with E-state index < -0.39 is 0 Å². The molecule has 1 aromatic heterocycles. The van der Waals surface area contributed by atoms with Crippen LogP contribution in [0.15, 0.2) is 174 Å². The molecule has 0 aliphatic carbocycles. The van der Waals surface area contributed by atoms with Crippen LogP contribution in [-0.2, 0) is 0 Å². The van der Waals surface area contributed by atoms with E-state index in [9.17, 15) is 0 Å². The van der Waals surface area contributed by atoms with Crippen LogP contribution >= 0.6 is 0 Å². The van der Waals surface area contributed by atoms with Gasteiger partial charge in [0.15, 0.2) is 12.0 Å². The minimum Gasteiger partial charge on any atom is -0.464 e. The second kappa shape index (κ2) is 11.0. The smallest absolute Gasteiger partial charge is 0.196 e. The summed E-state index contributed by atoms with van der Waals surface area (Å²) in [5.41, 5.74) is 9.32. The number of furan rings is 1. The third-order valence-corrected chi connectivity index (χ3v) is 9.65. The molecule has 0 amide bonds. The second-order valence-electron chi connectivity index (χ2n) is 12.6. The summed E-state index contributed by atoms with van der Waals surface area (Å²) in [6.45, 7) is 0. The summed E-state index contributed by atoms with van der Waals surface area (Å²) in [5, 5.41) is 10.4. The van der Waals surface area contributed by atoms with Gasteiger partial charge in [-0.05, 0) is 70.3 Å². The molecule has 0 spiro atoms. The first-order valence-electron chi connectivity index (χ1n) is 16.6. The van der Waals surface area contributed by atoms with Crippen molar-refractivity contribution in [2.24, 2.45) is 0 Å². The van der Waals surface area contributed by atoms with Gasteiger partial charge in [0.2, 0.25) is 0 Å². The standard InChI is InChI=1S/C45H30N2O2/c1-3-11-30(12-4-1)45-46-40-26-23-29-21-22-32-28-35(24-25-36(32)42(29)44(40)49-45)47(33-14-5-2-6-15-33)34-16-9-13-31(27-34)37-18-10-19-39-38-17-7-8-20-41(38)48-43(37)39/h1-28,45-46H. The van der Waals surface area contributed by atoms with E-state index >= 15 is 0 Å². The van der Waals surface area contributed by atoms with E-state index in [0.29, 0.717) is 0 Å². The van der Waals surface area contributed by atoms with Crippen LogP contribution in [0.3, 0.4) is 0 Å². The molecule has 4 heteroatoms. The highest BCUT2D eigenvalue weighted by Gasteiger charge is 2.26. The molecule has 9 aromatic rings. The highest BCUT2D eigenvalue weighted by Crippen LogP contribution is 2.47. The van der Waals surface area contributed by atoms with Gasteiger partial charge in [0.1, 0.15) is 11.2 Å². The normalized spacial score (nSPS) is 13.8. The molecule has 49 heavy (non-hydrogen) atoms. The number of para-hydroxylation sites is 3. The van der Waals surface area contributed by atoms with Crippen molar-refractivity contribution in [3.05, 3.63) is 175 Å². The number of nitrogens with zero attached hydrogens (tertiary/aromatic N) is 1. The number of fused-ring (bicyclic) bond motifs is 8. The molecule has 8 aromatic carbocycles. The van der Waals surface area contributed by atoms with Crippen LogP contribution in [0.2, 0.25) is 0 Å². The van der Waals surface area contributed by atoms with Crippen LogP contribution in [0.25, 0.3) is 54.6 Å². The van der Waals surface area contributed by atoms with E-state index in [2.05, 4.69) is 150 Å².